The molecule has 0 aromatic heterocycles. The molecule has 216 valence electrons. The van der Waals surface area contributed by atoms with Gasteiger partial charge in [0, 0.05) is 11.0 Å². The van der Waals surface area contributed by atoms with Crippen molar-refractivity contribution in [2.24, 2.45) is 40.2 Å². The third kappa shape index (κ3) is 3.88. The van der Waals surface area contributed by atoms with E-state index in [1.807, 2.05) is 0 Å². The number of benzene rings is 2. The second-order valence-electron chi connectivity index (χ2n) is 12.7. The Morgan fingerprint density at radius 3 is 2.32 bits per heavy atom. The first-order valence-corrected chi connectivity index (χ1v) is 13.7. The van der Waals surface area contributed by atoms with E-state index in [0.29, 0.717) is 11.1 Å². The molecule has 0 heterocycles. The predicted molar refractivity (Wildman–Crippen MR) is 146 cm³/mol. The van der Waals surface area contributed by atoms with Crippen LogP contribution in [0.5, 0.6) is 5.75 Å². The molecule has 1 amide bonds. The molecule has 0 saturated heterocycles. The molecule has 2 saturated carbocycles. The summed E-state index contributed by atoms with van der Waals surface area (Å²) in [4.78, 5) is 40.2. The average molecular weight is 564 g/mol. The number of aliphatic hydroxyl groups excluding tert-OH is 2. The number of Topliss-reactive ketones (excluding diaryl/α,β-unsaturated/α-hetero) is 2. The van der Waals surface area contributed by atoms with Crippen molar-refractivity contribution in [1.82, 2.24) is 0 Å². The summed E-state index contributed by atoms with van der Waals surface area (Å²) < 4.78 is 14.2. The van der Waals surface area contributed by atoms with Crippen LogP contribution in [0.4, 0.5) is 4.39 Å². The molecule has 0 radical (unpaired) electrons. The Morgan fingerprint density at radius 1 is 1.07 bits per heavy atom. The van der Waals surface area contributed by atoms with Crippen molar-refractivity contribution in [3.05, 3.63) is 64.5 Å². The number of ketones is 2. The number of amides is 1. The van der Waals surface area contributed by atoms with Crippen LogP contribution in [0.25, 0.3) is 0 Å². The number of fused-ring (bicyclic) bond motifs is 3. The topological polar surface area (TPSA) is 158 Å². The number of halogens is 1. The van der Waals surface area contributed by atoms with Crippen LogP contribution in [0.15, 0.2) is 36.4 Å². The molecular weight excluding hydrogens is 529 g/mol. The van der Waals surface area contributed by atoms with Gasteiger partial charge in [0.05, 0.1) is 23.1 Å². The van der Waals surface area contributed by atoms with E-state index in [9.17, 15) is 39.2 Å². The van der Waals surface area contributed by atoms with Gasteiger partial charge in [-0.1, -0.05) is 51.7 Å². The molecule has 6 N–H and O–H groups in total. The number of hydrogen-bond donors (Lipinski definition) is 5. The number of phenols is 1. The Balaban J connectivity index is 1.69. The molecule has 8 atom stereocenters. The van der Waals surface area contributed by atoms with Crippen LogP contribution in [-0.4, -0.2) is 55.7 Å². The van der Waals surface area contributed by atoms with Crippen LogP contribution >= 0.6 is 0 Å². The summed E-state index contributed by atoms with van der Waals surface area (Å²) in [5.41, 5.74) is 1.28. The normalized spacial score (nSPS) is 36.1. The molecule has 2 unspecified atom stereocenters. The summed E-state index contributed by atoms with van der Waals surface area (Å²) in [6.45, 7) is 6.93. The first kappa shape index (κ1) is 28.9. The lowest BCUT2D eigenvalue weighted by Crippen LogP contribution is -2.79. The largest absolute Gasteiger partial charge is 0.507 e. The van der Waals surface area contributed by atoms with Gasteiger partial charge in [-0.3, -0.25) is 14.4 Å². The number of aromatic hydroxyl groups is 1. The molecule has 2 aromatic carbocycles. The van der Waals surface area contributed by atoms with Crippen LogP contribution in [0.1, 0.15) is 61.2 Å². The molecular formula is C32H34FNO7. The monoisotopic (exact) mass is 563 g/mol. The molecule has 0 aliphatic heterocycles. The Bertz CT molecular complexity index is 1540. The number of carbonyl (C=O) groups is 3. The van der Waals surface area contributed by atoms with E-state index in [0.717, 1.165) is 0 Å². The number of hydrogen-bond acceptors (Lipinski definition) is 7. The third-order valence-corrected chi connectivity index (χ3v) is 9.87. The average Bonchev–Trinajstić information content (AvgIpc) is 2.86. The van der Waals surface area contributed by atoms with Gasteiger partial charge in [-0.25, -0.2) is 4.39 Å². The minimum absolute atomic E-state index is 0.0242. The van der Waals surface area contributed by atoms with Gasteiger partial charge in [0.15, 0.2) is 17.2 Å². The molecule has 8 nitrogen and oxygen atoms in total. The number of rotatable bonds is 2. The van der Waals surface area contributed by atoms with E-state index in [4.69, 9.17) is 5.73 Å². The molecule has 3 aliphatic rings. The Kier molecular flexibility index (Phi) is 6.69. The molecule has 0 spiro atoms. The Labute approximate surface area is 237 Å². The van der Waals surface area contributed by atoms with Gasteiger partial charge in [-0.05, 0) is 59.9 Å². The molecule has 0 bridgehead atoms. The molecule has 9 heteroatoms. The highest BCUT2D eigenvalue weighted by Gasteiger charge is 2.75. The highest BCUT2D eigenvalue weighted by atomic mass is 19.1. The maximum atomic E-state index is 14.2. The molecule has 41 heavy (non-hydrogen) atoms. The summed E-state index contributed by atoms with van der Waals surface area (Å²) in [6.07, 6.45) is -3.31. The maximum absolute atomic E-state index is 14.2. The van der Waals surface area contributed by atoms with Crippen molar-refractivity contribution in [3.8, 4) is 17.6 Å². The van der Waals surface area contributed by atoms with E-state index >= 15 is 0 Å². The van der Waals surface area contributed by atoms with Crippen LogP contribution < -0.4 is 5.73 Å². The van der Waals surface area contributed by atoms with Crippen molar-refractivity contribution in [2.75, 3.05) is 0 Å². The first-order valence-electron chi connectivity index (χ1n) is 13.7. The second kappa shape index (κ2) is 9.48. The van der Waals surface area contributed by atoms with Crippen molar-refractivity contribution < 1.29 is 39.2 Å². The fourth-order valence-corrected chi connectivity index (χ4v) is 8.35. The zero-order valence-electron chi connectivity index (χ0n) is 23.3. The minimum atomic E-state index is -2.57. The van der Waals surface area contributed by atoms with Crippen molar-refractivity contribution >= 4 is 17.5 Å². The number of nitrogens with two attached hydrogens (primary N) is 1. The van der Waals surface area contributed by atoms with E-state index in [2.05, 4.69) is 11.8 Å². The summed E-state index contributed by atoms with van der Waals surface area (Å²) in [6, 6.07) is 8.82. The first-order chi connectivity index (χ1) is 19.1. The van der Waals surface area contributed by atoms with Gasteiger partial charge in [-0.2, -0.15) is 0 Å². The molecule has 3 aliphatic carbocycles. The fourth-order valence-electron chi connectivity index (χ4n) is 8.35. The smallest absolute Gasteiger partial charge is 0.230 e. The zero-order valence-corrected chi connectivity index (χ0v) is 23.3. The molecule has 2 fully saturated rings. The lowest BCUT2D eigenvalue weighted by molar-refractivity contribution is -0.265. The van der Waals surface area contributed by atoms with E-state index < -0.39 is 69.7 Å². The highest BCUT2D eigenvalue weighted by molar-refractivity contribution is 6.09. The standard InChI is InChI=1S/C32H34FNO7/c1-15(2)23-26(37)22(29(34)40)27(38)32(41)28(39)24-25(36)21-18(13-30(24,3)14-31(23,32)4)16(11-12-20(21)35)9-10-17-7-5-6-8-19(17)33/h5-8,11-12,15,22-24,26,28,35,37,39,41H,13-14H2,1-4H3,(H2,34,40)/t22-,23+,24-,26?,28?,30-,31-,32+/m1/s1. The van der Waals surface area contributed by atoms with Gasteiger partial charge >= 0.3 is 0 Å². The number of aliphatic hydroxyl groups is 3. The Morgan fingerprint density at radius 2 is 1.71 bits per heavy atom. The lowest BCUT2D eigenvalue weighted by Gasteiger charge is -2.66. The summed E-state index contributed by atoms with van der Waals surface area (Å²) in [5, 5.41) is 46.0. The third-order valence-electron chi connectivity index (χ3n) is 9.87. The fraction of sp³-hybridized carbons (Fsp3) is 0.469. The van der Waals surface area contributed by atoms with E-state index in [1.54, 1.807) is 45.9 Å². The molecule has 5 rings (SSSR count). The summed E-state index contributed by atoms with van der Waals surface area (Å²) in [5.74, 6) is -2.34. The van der Waals surface area contributed by atoms with Crippen LogP contribution in [0.3, 0.4) is 0 Å². The van der Waals surface area contributed by atoms with Gasteiger partial charge in [-0.15, -0.1) is 0 Å². The number of carbonyl (C=O) groups excluding carboxylic acids is 3. The van der Waals surface area contributed by atoms with Crippen molar-refractivity contribution in [2.45, 2.75) is 58.3 Å². The molecule has 2 aromatic rings. The predicted octanol–water partition coefficient (Wildman–Crippen LogP) is 2.11. The van der Waals surface area contributed by atoms with Crippen LogP contribution in [0, 0.1) is 52.2 Å². The number of phenolic OH excluding ortho intramolecular Hbond substituents is 1. The van der Waals surface area contributed by atoms with E-state index in [-0.39, 0.29) is 35.6 Å². The van der Waals surface area contributed by atoms with Crippen molar-refractivity contribution in [1.29, 1.82) is 0 Å². The maximum Gasteiger partial charge on any atom is 0.230 e. The minimum Gasteiger partial charge on any atom is -0.507 e. The van der Waals surface area contributed by atoms with Gasteiger partial charge < -0.3 is 26.2 Å². The lowest BCUT2D eigenvalue weighted by atomic mass is 9.39. The van der Waals surface area contributed by atoms with Crippen molar-refractivity contribution in [3.63, 3.8) is 0 Å². The summed E-state index contributed by atoms with van der Waals surface area (Å²) >= 11 is 0. The highest BCUT2D eigenvalue weighted by Crippen LogP contribution is 2.65. The zero-order chi connectivity index (χ0) is 30.2. The van der Waals surface area contributed by atoms with Gasteiger partial charge in [0.25, 0.3) is 0 Å². The quantitative estimate of drug-likeness (QED) is 0.277. The van der Waals surface area contributed by atoms with Gasteiger partial charge in [0.1, 0.15) is 23.6 Å². The van der Waals surface area contributed by atoms with E-state index in [1.165, 1.54) is 18.2 Å². The van der Waals surface area contributed by atoms with Crippen LogP contribution in [-0.2, 0) is 16.0 Å². The number of primary amides is 1. The van der Waals surface area contributed by atoms with Crippen LogP contribution in [0.2, 0.25) is 0 Å². The van der Waals surface area contributed by atoms with Gasteiger partial charge in [0.2, 0.25) is 5.91 Å². The Hall–Kier alpha value is -3.58. The SMILES string of the molecule is CC(C)[C@H]1C(O)[C@@H](C(N)=O)C(=O)[C@]2(O)C(O)[C@H]3C(=O)c4c(O)ccc(C#Cc5ccccc5F)c4C[C@]3(C)C[C@]12C. The second-order valence-corrected chi connectivity index (χ2v) is 12.7. The summed E-state index contributed by atoms with van der Waals surface area (Å²) in [7, 11) is 0.